The summed E-state index contributed by atoms with van der Waals surface area (Å²) in [5, 5.41) is 20.9. The minimum atomic E-state index is -3.89. The Morgan fingerprint density at radius 2 is 0.767 bits per heavy atom. The maximum Gasteiger partial charge on any atom is 0.327 e. The molecule has 1 aromatic carbocycles. The van der Waals surface area contributed by atoms with Crippen LogP contribution in [0.2, 0.25) is 0 Å². The van der Waals surface area contributed by atoms with Crippen LogP contribution in [0.1, 0.15) is 420 Å². The van der Waals surface area contributed by atoms with Gasteiger partial charge >= 0.3 is 33.1 Å². The second-order valence-corrected chi connectivity index (χ2v) is 39.9. The molecule has 0 aromatic heterocycles. The normalized spacial score (nSPS) is 14.3. The number of esters is 2. The van der Waals surface area contributed by atoms with E-state index in [0.29, 0.717) is 107 Å². The molecule has 0 bridgehead atoms. The van der Waals surface area contributed by atoms with Gasteiger partial charge in [0, 0.05) is 77.8 Å². The quantitative estimate of drug-likeness (QED) is 0.0133. The summed E-state index contributed by atoms with van der Waals surface area (Å²) in [6.45, 7) is 15.2. The van der Waals surface area contributed by atoms with E-state index in [-0.39, 0.29) is 140 Å². The van der Waals surface area contributed by atoms with E-state index in [2.05, 4.69) is 87.1 Å². The van der Waals surface area contributed by atoms with Crippen molar-refractivity contribution in [3.63, 3.8) is 0 Å². The Bertz CT molecular complexity index is 3040. The number of unbranched alkanes of at least 4 members (excludes halogenated alkanes) is 39. The number of allylic oxidation sites excluding steroid dienone is 4. The van der Waals surface area contributed by atoms with Crippen LogP contribution in [-0.4, -0.2) is 169 Å². The highest BCUT2D eigenvalue weighted by molar-refractivity contribution is 7.53. The average Bonchev–Trinajstić information content (AvgIpc) is 0.799. The van der Waals surface area contributed by atoms with Gasteiger partial charge in [0.05, 0.1) is 77.2 Å². The standard InChI is InChI=1S/C102H183N5O20P2/c1-9-15-21-27-31-35-37-41-43-49-55-63-95(108)105-88(83-119-76-71-90(61-53-47-25-19-13-5)126-99(113)67-57-51-45-39-33-29-23-17-11-3)85-124-128(7,117)122-78-73-103-101(115)92(81-87-69-70-94-93(82-87)107(75-80-121-94)97(110)65-59-60-66-98(111)112)102(116)104-74-79-123-129(8,118)125-86-89(106-96(109)64-56-50-44-42-38-36-32-28-22-16-10-2)84-120-77-72-91(62-54-48-26-20-14-6)127-100(114)68-58-52-46-40-34-30-24-18-12-4/h39-40,45-46,69-70,82,88-92H,9-38,41-44,47-68,71-81,83-86H2,1-8H3,(H,103,115)(H,104,116)(H,105,108)(H,106,109)(H,111,112)/b45-39-,46-40-. The second kappa shape index (κ2) is 82.0. The molecule has 6 atom stereocenters. The predicted molar refractivity (Wildman–Crippen MR) is 521 cm³/mol. The lowest BCUT2D eigenvalue weighted by molar-refractivity contribution is -0.151. The molecule has 746 valence electrons. The van der Waals surface area contributed by atoms with Gasteiger partial charge in [-0.25, -0.2) is 0 Å². The largest absolute Gasteiger partial charge is 0.490 e. The summed E-state index contributed by atoms with van der Waals surface area (Å²) in [6.07, 6.45) is 62.7. The molecule has 1 aliphatic rings. The van der Waals surface area contributed by atoms with Crippen LogP contribution >= 0.6 is 15.2 Å². The number of carboxylic acids is 1. The van der Waals surface area contributed by atoms with Crippen molar-refractivity contribution in [3.05, 3.63) is 48.1 Å². The van der Waals surface area contributed by atoms with E-state index in [1.807, 2.05) is 0 Å². The first-order chi connectivity index (χ1) is 62.6. The van der Waals surface area contributed by atoms with E-state index >= 15 is 0 Å². The number of benzene rings is 1. The van der Waals surface area contributed by atoms with Crippen molar-refractivity contribution in [2.45, 2.75) is 445 Å². The molecule has 0 fully saturated rings. The number of aliphatic carboxylic acids is 1. The Labute approximate surface area is 781 Å². The van der Waals surface area contributed by atoms with Gasteiger partial charge in [0.1, 0.15) is 30.5 Å². The van der Waals surface area contributed by atoms with Crippen molar-refractivity contribution in [1.82, 2.24) is 21.3 Å². The van der Waals surface area contributed by atoms with Gasteiger partial charge in [-0.3, -0.25) is 47.5 Å². The number of carboxylic acid groups (broad SMARTS) is 1. The van der Waals surface area contributed by atoms with E-state index in [9.17, 15) is 52.6 Å². The molecule has 27 heteroatoms. The lowest BCUT2D eigenvalue weighted by Crippen LogP contribution is -2.44. The van der Waals surface area contributed by atoms with Crippen LogP contribution in [0.4, 0.5) is 5.69 Å². The van der Waals surface area contributed by atoms with Crippen LogP contribution < -0.4 is 30.9 Å². The zero-order chi connectivity index (χ0) is 94.2. The molecule has 129 heavy (non-hydrogen) atoms. The van der Waals surface area contributed by atoms with E-state index in [0.717, 1.165) is 128 Å². The lowest BCUT2D eigenvalue weighted by atomic mass is 9.96. The zero-order valence-corrected chi connectivity index (χ0v) is 84.0. The minimum Gasteiger partial charge on any atom is -0.490 e. The first-order valence-electron chi connectivity index (χ1n) is 51.6. The summed E-state index contributed by atoms with van der Waals surface area (Å²) in [5.74, 6) is -4.49. The first kappa shape index (κ1) is 120. The molecule has 0 radical (unpaired) electrons. The lowest BCUT2D eigenvalue weighted by Gasteiger charge is -2.30. The number of ether oxygens (including phenoxy) is 5. The highest BCUT2D eigenvalue weighted by Crippen LogP contribution is 2.45. The van der Waals surface area contributed by atoms with Crippen LogP contribution in [0, 0.1) is 5.92 Å². The molecule has 1 aliphatic heterocycles. The number of anilines is 1. The summed E-state index contributed by atoms with van der Waals surface area (Å²) in [4.78, 5) is 109. The Morgan fingerprint density at radius 1 is 0.411 bits per heavy atom. The number of carbonyl (C=O) groups excluding carboxylic acids is 7. The molecule has 2 rings (SSSR count). The van der Waals surface area contributed by atoms with Crippen LogP contribution in [0.25, 0.3) is 0 Å². The molecule has 0 saturated heterocycles. The highest BCUT2D eigenvalue weighted by Gasteiger charge is 2.32. The number of amides is 5. The third kappa shape index (κ3) is 69.0. The number of nitrogens with zero attached hydrogens (tertiary/aromatic N) is 1. The molecular formula is C102H183N5O20P2. The monoisotopic (exact) mass is 1860 g/mol. The van der Waals surface area contributed by atoms with Crippen LogP contribution in [0.3, 0.4) is 0 Å². The topological polar surface area (TPSA) is 325 Å². The predicted octanol–water partition coefficient (Wildman–Crippen LogP) is 24.3. The van der Waals surface area contributed by atoms with Crippen LogP contribution in [0.15, 0.2) is 42.5 Å². The van der Waals surface area contributed by atoms with Gasteiger partial charge in [-0.05, 0) is 127 Å². The number of carbonyl (C=O) groups is 8. The second-order valence-electron chi connectivity index (χ2n) is 35.8. The SMILES string of the molecule is CCCCCC/C=C\CCCC(=O)OC(CCCCCCC)CCOCC(COP(C)(=O)OCCNC(=O)C(Cc1ccc2c(c1)N(C(=O)CCCCC(=O)O)CCO2)C(=O)NCCOP(C)(=O)OCC(COCCC(CCCCCCC)OC(=O)CCC/C=C\CCCCCC)NC(=O)CCCCCCCCCCCCC)NC(=O)CCCCCCCCCCCCC. The number of rotatable bonds is 91. The van der Waals surface area contributed by atoms with E-state index in [1.165, 1.54) is 155 Å². The smallest absolute Gasteiger partial charge is 0.327 e. The first-order valence-corrected chi connectivity index (χ1v) is 55.6. The van der Waals surface area contributed by atoms with Crippen LogP contribution in [0.5, 0.6) is 5.75 Å². The van der Waals surface area contributed by atoms with Crippen molar-refractivity contribution in [2.24, 2.45) is 5.92 Å². The Balaban J connectivity index is 2.33. The zero-order valence-electron chi connectivity index (χ0n) is 82.2. The van der Waals surface area contributed by atoms with Gasteiger partial charge in [0.2, 0.25) is 29.5 Å². The molecule has 5 amide bonds. The number of nitrogens with one attached hydrogen (secondary N) is 4. The van der Waals surface area contributed by atoms with Gasteiger partial charge in [0.15, 0.2) is 0 Å². The van der Waals surface area contributed by atoms with Gasteiger partial charge in [0.25, 0.3) is 0 Å². The van der Waals surface area contributed by atoms with Crippen LogP contribution in [-0.2, 0) is 90.9 Å². The number of fused-ring (bicyclic) bond motifs is 1. The Kier molecular flexibility index (Phi) is 76.0. The Hall–Kier alpha value is -5.52. The van der Waals surface area contributed by atoms with Gasteiger partial charge in [-0.15, -0.1) is 0 Å². The molecular weight excluding hydrogens is 1680 g/mol. The third-order valence-corrected chi connectivity index (χ3v) is 26.0. The van der Waals surface area contributed by atoms with Gasteiger partial charge in [-0.2, -0.15) is 0 Å². The number of hydrogen-bond acceptors (Lipinski definition) is 19. The molecule has 0 saturated carbocycles. The molecule has 0 aliphatic carbocycles. The molecule has 1 heterocycles. The highest BCUT2D eigenvalue weighted by atomic mass is 31.2. The molecule has 6 unspecified atom stereocenters. The molecule has 25 nitrogen and oxygen atoms in total. The van der Waals surface area contributed by atoms with Crippen molar-refractivity contribution in [3.8, 4) is 5.75 Å². The van der Waals surface area contributed by atoms with Crippen molar-refractivity contribution in [2.75, 3.05) is 97.3 Å². The molecule has 1 aromatic rings. The summed E-state index contributed by atoms with van der Waals surface area (Å²) < 4.78 is 82.4. The van der Waals surface area contributed by atoms with E-state index < -0.39 is 51.0 Å². The van der Waals surface area contributed by atoms with Crippen molar-refractivity contribution < 1.29 is 94.4 Å². The summed E-state index contributed by atoms with van der Waals surface area (Å²) in [7, 11) is -7.79. The Morgan fingerprint density at radius 3 is 1.16 bits per heavy atom. The maximum atomic E-state index is 14.5. The summed E-state index contributed by atoms with van der Waals surface area (Å²) in [5.41, 5.74) is 0.923. The maximum absolute atomic E-state index is 14.5. The van der Waals surface area contributed by atoms with E-state index in [4.69, 9.17) is 41.8 Å². The van der Waals surface area contributed by atoms with Gasteiger partial charge < -0.3 is 73.1 Å². The third-order valence-electron chi connectivity index (χ3n) is 23.5. The fourth-order valence-corrected chi connectivity index (χ4v) is 17.5. The molecule has 5 N–H and O–H groups in total. The van der Waals surface area contributed by atoms with Crippen molar-refractivity contribution >= 4 is 68.3 Å². The number of hydrogen-bond donors (Lipinski definition) is 5. The fraction of sp³-hybridized carbons (Fsp3) is 0.824. The summed E-state index contributed by atoms with van der Waals surface area (Å²) >= 11 is 0. The fourth-order valence-electron chi connectivity index (χ4n) is 15.6. The van der Waals surface area contributed by atoms with Crippen molar-refractivity contribution in [1.29, 1.82) is 0 Å². The summed E-state index contributed by atoms with van der Waals surface area (Å²) in [6, 6.07) is 3.59. The average molecular weight is 1860 g/mol. The van der Waals surface area contributed by atoms with Gasteiger partial charge in [-0.1, -0.05) is 290 Å². The molecule has 0 spiro atoms. The minimum absolute atomic E-state index is 0.0160. The van der Waals surface area contributed by atoms with E-state index in [1.54, 1.807) is 23.1 Å².